The van der Waals surface area contributed by atoms with E-state index in [1.54, 1.807) is 10.9 Å². The summed E-state index contributed by atoms with van der Waals surface area (Å²) >= 11 is 1.25. The van der Waals surface area contributed by atoms with Gasteiger partial charge in [0.1, 0.15) is 5.69 Å². The third kappa shape index (κ3) is 2.48. The van der Waals surface area contributed by atoms with Crippen LogP contribution >= 0.6 is 11.3 Å². The second-order valence-electron chi connectivity index (χ2n) is 5.98. The molecule has 0 fully saturated rings. The number of thiazole rings is 1. The zero-order valence-electron chi connectivity index (χ0n) is 13.9. The molecule has 3 heterocycles. The van der Waals surface area contributed by atoms with E-state index in [1.165, 1.54) is 16.7 Å². The van der Waals surface area contributed by atoms with E-state index < -0.39 is 5.97 Å². The number of carboxylic acid groups (broad SMARTS) is 1. The number of nitrogens with zero attached hydrogens (tertiary/aromatic N) is 4. The number of pyridine rings is 1. The van der Waals surface area contributed by atoms with Gasteiger partial charge in [-0.1, -0.05) is 42.5 Å². The molecule has 0 bridgehead atoms. The number of hydrogen-bond donors (Lipinski definition) is 1. The summed E-state index contributed by atoms with van der Waals surface area (Å²) < 4.78 is 1.70. The van der Waals surface area contributed by atoms with E-state index in [2.05, 4.69) is 9.97 Å². The van der Waals surface area contributed by atoms with Crippen molar-refractivity contribution in [3.8, 4) is 16.4 Å². The van der Waals surface area contributed by atoms with Crippen LogP contribution in [0, 0.1) is 0 Å². The minimum atomic E-state index is -1.05. The van der Waals surface area contributed by atoms with Crippen LogP contribution in [-0.2, 0) is 0 Å². The molecule has 1 N–H and O–H groups in total. The maximum atomic E-state index is 11.2. The third-order valence-corrected chi connectivity index (χ3v) is 5.18. The number of hydrogen-bond acceptors (Lipinski definition) is 5. The molecule has 5 aromatic rings. The van der Waals surface area contributed by atoms with Crippen LogP contribution in [0.5, 0.6) is 0 Å². The predicted octanol–water partition coefficient (Wildman–Crippen LogP) is 4.40. The lowest BCUT2D eigenvalue weighted by Gasteiger charge is -2.03. The van der Waals surface area contributed by atoms with Gasteiger partial charge in [-0.15, -0.1) is 11.3 Å². The van der Waals surface area contributed by atoms with Crippen LogP contribution in [0.4, 0.5) is 0 Å². The second-order valence-corrected chi connectivity index (χ2v) is 6.82. The fourth-order valence-corrected chi connectivity index (χ4v) is 3.93. The average molecular weight is 372 g/mol. The largest absolute Gasteiger partial charge is 0.476 e. The smallest absolute Gasteiger partial charge is 0.355 e. The van der Waals surface area contributed by atoms with Gasteiger partial charge in [-0.25, -0.2) is 14.5 Å². The molecule has 27 heavy (non-hydrogen) atoms. The van der Waals surface area contributed by atoms with Crippen molar-refractivity contribution >= 4 is 39.1 Å². The Morgan fingerprint density at radius 3 is 2.74 bits per heavy atom. The Bertz CT molecular complexity index is 1320. The first kappa shape index (κ1) is 15.7. The highest BCUT2D eigenvalue weighted by molar-refractivity contribution is 7.12. The number of aromatic nitrogens is 4. The molecule has 5 rings (SSSR count). The maximum absolute atomic E-state index is 11.2. The second kappa shape index (κ2) is 6.00. The van der Waals surface area contributed by atoms with Crippen LogP contribution in [0.15, 0.2) is 66.2 Å². The van der Waals surface area contributed by atoms with Gasteiger partial charge < -0.3 is 5.11 Å². The summed E-state index contributed by atoms with van der Waals surface area (Å²) in [7, 11) is 0. The van der Waals surface area contributed by atoms with Gasteiger partial charge in [0, 0.05) is 27.9 Å². The number of fused-ring (bicyclic) bond motifs is 2. The van der Waals surface area contributed by atoms with Crippen molar-refractivity contribution in [1.29, 1.82) is 0 Å². The molecule has 2 aromatic carbocycles. The first-order valence-electron chi connectivity index (χ1n) is 8.23. The molecule has 0 spiro atoms. The molecule has 0 saturated carbocycles. The van der Waals surface area contributed by atoms with Crippen molar-refractivity contribution in [2.45, 2.75) is 0 Å². The minimum absolute atomic E-state index is 0.0166. The number of benzene rings is 2. The highest BCUT2D eigenvalue weighted by atomic mass is 32.1. The first-order chi connectivity index (χ1) is 13.2. The van der Waals surface area contributed by atoms with Crippen molar-refractivity contribution in [2.75, 3.05) is 0 Å². The Morgan fingerprint density at radius 1 is 1.04 bits per heavy atom. The molecule has 3 aromatic heterocycles. The lowest BCUT2D eigenvalue weighted by Crippen LogP contribution is -2.00. The Balaban J connectivity index is 1.80. The molecular formula is C20H12N4O2S. The van der Waals surface area contributed by atoms with E-state index in [0.717, 1.165) is 33.1 Å². The Kier molecular flexibility index (Phi) is 3.48. The molecule has 0 aliphatic heterocycles. The van der Waals surface area contributed by atoms with E-state index in [4.69, 9.17) is 10.2 Å². The first-order valence-corrected chi connectivity index (χ1v) is 9.11. The Labute approximate surface area is 157 Å². The average Bonchev–Trinajstić information content (AvgIpc) is 3.33. The Morgan fingerprint density at radius 2 is 1.89 bits per heavy atom. The minimum Gasteiger partial charge on any atom is -0.476 e. The SMILES string of the molecule is O=C(O)c1csc(-n2nc(-c3cccc4cccnc34)c3ccccc32)n1. The summed E-state index contributed by atoms with van der Waals surface area (Å²) in [5, 5.41) is 18.0. The highest BCUT2D eigenvalue weighted by Crippen LogP contribution is 2.33. The zero-order chi connectivity index (χ0) is 18.4. The molecule has 0 amide bonds. The normalized spacial score (nSPS) is 11.3. The maximum Gasteiger partial charge on any atom is 0.355 e. The predicted molar refractivity (Wildman–Crippen MR) is 104 cm³/mol. The lowest BCUT2D eigenvalue weighted by molar-refractivity contribution is 0.0691. The number of carboxylic acids is 1. The fourth-order valence-electron chi connectivity index (χ4n) is 3.17. The summed E-state index contributed by atoms with van der Waals surface area (Å²) in [4.78, 5) is 19.9. The van der Waals surface area contributed by atoms with Gasteiger partial charge >= 0.3 is 5.97 Å². The summed E-state index contributed by atoms with van der Waals surface area (Å²) in [6.45, 7) is 0. The molecule has 130 valence electrons. The summed E-state index contributed by atoms with van der Waals surface area (Å²) in [6.07, 6.45) is 1.77. The molecule has 0 aliphatic carbocycles. The summed E-state index contributed by atoms with van der Waals surface area (Å²) in [5.41, 5.74) is 3.48. The molecule has 0 atom stereocenters. The van der Waals surface area contributed by atoms with E-state index in [9.17, 15) is 4.79 Å². The fraction of sp³-hybridized carbons (Fsp3) is 0. The number of rotatable bonds is 3. The molecular weight excluding hydrogens is 360 g/mol. The Hall–Kier alpha value is -3.58. The van der Waals surface area contributed by atoms with Gasteiger partial charge in [-0.05, 0) is 12.1 Å². The number of carbonyl (C=O) groups is 1. The van der Waals surface area contributed by atoms with Crippen LogP contribution in [0.2, 0.25) is 0 Å². The lowest BCUT2D eigenvalue weighted by atomic mass is 10.0. The molecule has 0 unspecified atom stereocenters. The van der Waals surface area contributed by atoms with Crippen LogP contribution < -0.4 is 0 Å². The topological polar surface area (TPSA) is 80.9 Å². The quantitative estimate of drug-likeness (QED) is 0.508. The van der Waals surface area contributed by atoms with Crippen molar-refractivity contribution in [1.82, 2.24) is 19.7 Å². The van der Waals surface area contributed by atoms with Crippen molar-refractivity contribution in [3.05, 3.63) is 71.9 Å². The summed E-state index contributed by atoms with van der Waals surface area (Å²) in [6, 6.07) is 17.8. The van der Waals surface area contributed by atoms with Crippen LogP contribution in [0.25, 0.3) is 38.2 Å². The zero-order valence-corrected chi connectivity index (χ0v) is 14.7. The number of aromatic carboxylic acids is 1. The van der Waals surface area contributed by atoms with Crippen molar-refractivity contribution < 1.29 is 9.90 Å². The monoisotopic (exact) mass is 372 g/mol. The van der Waals surface area contributed by atoms with E-state index in [0.29, 0.717) is 5.13 Å². The molecule has 7 heteroatoms. The van der Waals surface area contributed by atoms with E-state index in [1.807, 2.05) is 54.6 Å². The van der Waals surface area contributed by atoms with Crippen LogP contribution in [-0.4, -0.2) is 30.8 Å². The molecule has 0 saturated heterocycles. The van der Waals surface area contributed by atoms with Crippen LogP contribution in [0.3, 0.4) is 0 Å². The molecule has 6 nitrogen and oxygen atoms in total. The molecule has 0 aliphatic rings. The van der Waals surface area contributed by atoms with Gasteiger partial charge in [-0.2, -0.15) is 5.10 Å². The van der Waals surface area contributed by atoms with Crippen LogP contribution in [0.1, 0.15) is 10.5 Å². The van der Waals surface area contributed by atoms with Gasteiger partial charge in [0.2, 0.25) is 5.13 Å². The van der Waals surface area contributed by atoms with Gasteiger partial charge in [0.05, 0.1) is 11.0 Å². The highest BCUT2D eigenvalue weighted by Gasteiger charge is 2.18. The third-order valence-electron chi connectivity index (χ3n) is 4.37. The van der Waals surface area contributed by atoms with Crippen molar-refractivity contribution in [3.63, 3.8) is 0 Å². The van der Waals surface area contributed by atoms with Gasteiger partial charge in [0.15, 0.2) is 5.69 Å². The van der Waals surface area contributed by atoms with E-state index >= 15 is 0 Å². The van der Waals surface area contributed by atoms with Gasteiger partial charge in [-0.3, -0.25) is 4.98 Å². The standard InChI is InChI=1S/C20H12N4O2S/c25-19(26)15-11-27-20(22-15)24-16-9-2-1-7-13(16)18(23-24)14-8-3-5-12-6-4-10-21-17(12)14/h1-11H,(H,25,26). The number of para-hydroxylation sites is 2. The van der Waals surface area contributed by atoms with E-state index in [-0.39, 0.29) is 5.69 Å². The van der Waals surface area contributed by atoms with Gasteiger partial charge in [0.25, 0.3) is 0 Å². The molecule has 0 radical (unpaired) electrons. The van der Waals surface area contributed by atoms with Crippen molar-refractivity contribution in [2.24, 2.45) is 0 Å². The summed E-state index contributed by atoms with van der Waals surface area (Å²) in [5.74, 6) is -1.05.